The van der Waals surface area contributed by atoms with E-state index < -0.39 is 11.6 Å². The van der Waals surface area contributed by atoms with E-state index in [1.54, 1.807) is 7.11 Å². The third-order valence-corrected chi connectivity index (χ3v) is 4.80. The molecule has 0 fully saturated rings. The van der Waals surface area contributed by atoms with Crippen molar-refractivity contribution in [2.45, 2.75) is 39.4 Å². The van der Waals surface area contributed by atoms with Crippen LogP contribution in [0.1, 0.15) is 35.1 Å². The third kappa shape index (κ3) is 6.09. The molecule has 27 heavy (non-hydrogen) atoms. The van der Waals surface area contributed by atoms with Gasteiger partial charge in [0.15, 0.2) is 0 Å². The molecule has 0 heterocycles. The minimum atomic E-state index is -0.578. The first-order valence-electron chi connectivity index (χ1n) is 9.24. The van der Waals surface area contributed by atoms with Crippen LogP contribution in [0, 0.1) is 25.5 Å². The van der Waals surface area contributed by atoms with Crippen molar-refractivity contribution in [1.82, 2.24) is 5.32 Å². The lowest BCUT2D eigenvalue weighted by atomic mass is 9.91. The van der Waals surface area contributed by atoms with Crippen LogP contribution in [-0.4, -0.2) is 32.9 Å². The predicted octanol–water partition coefficient (Wildman–Crippen LogP) is 4.51. The van der Waals surface area contributed by atoms with Gasteiger partial charge in [-0.25, -0.2) is 8.78 Å². The van der Waals surface area contributed by atoms with Crippen LogP contribution < -0.4 is 5.32 Å². The van der Waals surface area contributed by atoms with Crippen molar-refractivity contribution in [2.75, 3.05) is 26.8 Å². The fourth-order valence-corrected chi connectivity index (χ4v) is 3.23. The quantitative estimate of drug-likeness (QED) is 0.661. The maximum Gasteiger partial charge on any atom is 0.131 e. The Morgan fingerprint density at radius 1 is 0.963 bits per heavy atom. The van der Waals surface area contributed by atoms with Gasteiger partial charge in [0.1, 0.15) is 11.6 Å². The van der Waals surface area contributed by atoms with Crippen molar-refractivity contribution >= 4 is 0 Å². The van der Waals surface area contributed by atoms with Gasteiger partial charge in [0.2, 0.25) is 0 Å². The molecule has 0 bridgehead atoms. The van der Waals surface area contributed by atoms with Crippen molar-refractivity contribution in [3.05, 3.63) is 70.3 Å². The Morgan fingerprint density at radius 3 is 2.15 bits per heavy atom. The number of rotatable bonds is 10. The minimum Gasteiger partial charge on any atom is -0.380 e. The number of hydrogen-bond acceptors (Lipinski definition) is 3. The molecule has 0 saturated heterocycles. The van der Waals surface area contributed by atoms with Crippen LogP contribution in [0.5, 0.6) is 0 Å². The van der Waals surface area contributed by atoms with E-state index >= 15 is 0 Å². The van der Waals surface area contributed by atoms with Gasteiger partial charge < -0.3 is 14.8 Å². The maximum atomic E-state index is 13.8. The second-order valence-corrected chi connectivity index (χ2v) is 6.92. The number of nitrogens with one attached hydrogen (secondary N) is 1. The van der Waals surface area contributed by atoms with Gasteiger partial charge in [-0.2, -0.15) is 0 Å². The summed E-state index contributed by atoms with van der Waals surface area (Å²) in [6.07, 6.45) is 0.108. The topological polar surface area (TPSA) is 30.5 Å². The van der Waals surface area contributed by atoms with Crippen LogP contribution in [0.25, 0.3) is 0 Å². The molecule has 0 aliphatic rings. The number of hydrogen-bond donors (Lipinski definition) is 1. The Kier molecular flexibility index (Phi) is 8.35. The molecular formula is C22H29F2NO2. The molecule has 3 nitrogen and oxygen atoms in total. The van der Waals surface area contributed by atoms with E-state index in [-0.39, 0.29) is 24.2 Å². The highest BCUT2D eigenvalue weighted by Crippen LogP contribution is 2.24. The van der Waals surface area contributed by atoms with E-state index in [0.29, 0.717) is 13.2 Å². The molecule has 0 aliphatic carbocycles. The average Bonchev–Trinajstić information content (AvgIpc) is 2.63. The second-order valence-electron chi connectivity index (χ2n) is 6.92. The SMILES string of the molecule is CO[C@H](C)CNCC(COCc1c(F)cccc1F)c1c(C)cccc1C. The summed E-state index contributed by atoms with van der Waals surface area (Å²) in [5.74, 6) is -1.08. The summed E-state index contributed by atoms with van der Waals surface area (Å²) in [4.78, 5) is 0. The summed E-state index contributed by atoms with van der Waals surface area (Å²) >= 11 is 0. The summed E-state index contributed by atoms with van der Waals surface area (Å²) in [5, 5.41) is 3.41. The second kappa shape index (κ2) is 10.5. The molecule has 148 valence electrons. The Hall–Kier alpha value is -1.82. The first-order valence-corrected chi connectivity index (χ1v) is 9.24. The Morgan fingerprint density at radius 2 is 1.56 bits per heavy atom. The minimum absolute atomic E-state index is 0.0290. The van der Waals surface area contributed by atoms with Gasteiger partial charge >= 0.3 is 0 Å². The maximum absolute atomic E-state index is 13.8. The summed E-state index contributed by atoms with van der Waals surface area (Å²) in [5.41, 5.74) is 3.55. The van der Waals surface area contributed by atoms with Crippen LogP contribution in [-0.2, 0) is 16.1 Å². The molecule has 2 aromatic carbocycles. The molecule has 2 atom stereocenters. The summed E-state index contributed by atoms with van der Waals surface area (Å²) in [6.45, 7) is 7.84. The third-order valence-electron chi connectivity index (χ3n) is 4.80. The van der Waals surface area contributed by atoms with Crippen LogP contribution in [0.3, 0.4) is 0 Å². The fraction of sp³-hybridized carbons (Fsp3) is 0.455. The molecule has 0 aliphatic heterocycles. The fourth-order valence-electron chi connectivity index (χ4n) is 3.23. The number of benzene rings is 2. The normalized spacial score (nSPS) is 13.6. The molecular weight excluding hydrogens is 348 g/mol. The molecule has 2 rings (SSSR count). The van der Waals surface area contributed by atoms with Crippen molar-refractivity contribution < 1.29 is 18.3 Å². The highest BCUT2D eigenvalue weighted by atomic mass is 19.1. The van der Waals surface area contributed by atoms with Crippen LogP contribution >= 0.6 is 0 Å². The van der Waals surface area contributed by atoms with E-state index in [1.165, 1.54) is 34.9 Å². The Bertz CT molecular complexity index is 696. The van der Waals surface area contributed by atoms with Gasteiger partial charge in [-0.05, 0) is 49.6 Å². The van der Waals surface area contributed by atoms with Crippen molar-refractivity contribution in [3.63, 3.8) is 0 Å². The molecule has 0 aromatic heterocycles. The lowest BCUT2D eigenvalue weighted by molar-refractivity contribution is 0.0959. The summed E-state index contributed by atoms with van der Waals surface area (Å²) in [6, 6.07) is 10.0. The van der Waals surface area contributed by atoms with E-state index in [4.69, 9.17) is 9.47 Å². The van der Waals surface area contributed by atoms with Gasteiger partial charge in [0, 0.05) is 31.7 Å². The number of halogens is 2. The predicted molar refractivity (Wildman–Crippen MR) is 104 cm³/mol. The molecule has 1 unspecified atom stereocenters. The van der Waals surface area contributed by atoms with Gasteiger partial charge in [-0.1, -0.05) is 24.3 Å². The van der Waals surface area contributed by atoms with Gasteiger partial charge in [-0.15, -0.1) is 0 Å². The Labute approximate surface area is 160 Å². The van der Waals surface area contributed by atoms with Crippen LogP contribution in [0.15, 0.2) is 36.4 Å². The largest absolute Gasteiger partial charge is 0.380 e. The number of methoxy groups -OCH3 is 1. The number of aryl methyl sites for hydroxylation is 2. The summed E-state index contributed by atoms with van der Waals surface area (Å²) < 4.78 is 38.6. The zero-order valence-electron chi connectivity index (χ0n) is 16.5. The smallest absolute Gasteiger partial charge is 0.131 e. The lowest BCUT2D eigenvalue weighted by Gasteiger charge is -2.23. The van der Waals surface area contributed by atoms with Crippen molar-refractivity contribution in [1.29, 1.82) is 0 Å². The van der Waals surface area contributed by atoms with E-state index in [1.807, 2.05) is 13.0 Å². The molecule has 0 spiro atoms. The van der Waals surface area contributed by atoms with E-state index in [9.17, 15) is 8.78 Å². The molecule has 0 amide bonds. The van der Waals surface area contributed by atoms with Crippen molar-refractivity contribution in [3.8, 4) is 0 Å². The molecule has 1 N–H and O–H groups in total. The highest BCUT2D eigenvalue weighted by molar-refractivity contribution is 5.37. The van der Waals surface area contributed by atoms with Gasteiger partial charge in [-0.3, -0.25) is 0 Å². The molecule has 0 radical (unpaired) electrons. The average molecular weight is 377 g/mol. The zero-order valence-corrected chi connectivity index (χ0v) is 16.5. The van der Waals surface area contributed by atoms with E-state index in [2.05, 4.69) is 31.3 Å². The van der Waals surface area contributed by atoms with Gasteiger partial charge in [0.25, 0.3) is 0 Å². The molecule has 2 aromatic rings. The summed E-state index contributed by atoms with van der Waals surface area (Å²) in [7, 11) is 1.68. The van der Waals surface area contributed by atoms with Crippen LogP contribution in [0.4, 0.5) is 8.78 Å². The van der Waals surface area contributed by atoms with Gasteiger partial charge in [0.05, 0.1) is 19.3 Å². The first-order chi connectivity index (χ1) is 12.9. The number of ether oxygens (including phenoxy) is 2. The standard InChI is InChI=1S/C22H29F2NO2/c1-15-7-5-8-16(2)22(15)18(12-25-11-17(3)26-4)13-27-14-19-20(23)9-6-10-21(19)24/h5-10,17-18,25H,11-14H2,1-4H3/t17-,18?/m1/s1. The van der Waals surface area contributed by atoms with Crippen molar-refractivity contribution in [2.24, 2.45) is 0 Å². The first kappa shape index (κ1) is 21.5. The zero-order chi connectivity index (χ0) is 19.8. The molecule has 0 saturated carbocycles. The highest BCUT2D eigenvalue weighted by Gasteiger charge is 2.18. The van der Waals surface area contributed by atoms with Crippen LogP contribution in [0.2, 0.25) is 0 Å². The lowest BCUT2D eigenvalue weighted by Crippen LogP contribution is -2.31. The molecule has 5 heteroatoms. The van der Waals surface area contributed by atoms with E-state index in [0.717, 1.165) is 6.54 Å². The Balaban J connectivity index is 2.08. The monoisotopic (exact) mass is 377 g/mol.